The molecule has 0 spiro atoms. The van der Waals surface area contributed by atoms with Crippen LogP contribution < -0.4 is 10.4 Å². The van der Waals surface area contributed by atoms with Crippen LogP contribution in [-0.4, -0.2) is 22.8 Å². The molecule has 1 aromatic heterocycles. The van der Waals surface area contributed by atoms with Crippen molar-refractivity contribution < 1.29 is 23.8 Å². The lowest BCUT2D eigenvalue weighted by Crippen LogP contribution is -2.49. The number of hydrogen-bond acceptors (Lipinski definition) is 6. The molecular formula is C19H20O6. The molecule has 1 N–H and O–H groups in total. The van der Waals surface area contributed by atoms with Crippen molar-refractivity contribution in [2.45, 2.75) is 45.5 Å². The molecule has 6 heteroatoms. The maximum absolute atomic E-state index is 12.1. The summed E-state index contributed by atoms with van der Waals surface area (Å²) < 4.78 is 16.5. The summed E-state index contributed by atoms with van der Waals surface area (Å²) in [4.78, 5) is 23.5. The van der Waals surface area contributed by atoms with Crippen molar-refractivity contribution in [1.82, 2.24) is 0 Å². The van der Waals surface area contributed by atoms with Crippen LogP contribution in [0.3, 0.4) is 0 Å². The van der Waals surface area contributed by atoms with Crippen LogP contribution in [0.4, 0.5) is 0 Å². The molecule has 0 saturated carbocycles. The Morgan fingerprint density at radius 1 is 1.28 bits per heavy atom. The van der Waals surface area contributed by atoms with Crippen LogP contribution in [0.1, 0.15) is 39.4 Å². The Kier molecular flexibility index (Phi) is 4.16. The number of carbonyl (C=O) groups is 1. The van der Waals surface area contributed by atoms with Gasteiger partial charge < -0.3 is 19.0 Å². The molecule has 0 amide bonds. The standard InChI is InChI=1S/C19H20O6/c1-10(2)7-16(21)24-17-12-8-11-5-6-15(20)23-13(11)9-14(12)25-19(3,4)18(17)22/h5-9,17-18,22H,1-4H3/t17-,18+/m0/s1. The van der Waals surface area contributed by atoms with E-state index in [1.807, 2.05) is 0 Å². The molecule has 3 rings (SSSR count). The molecule has 2 atom stereocenters. The average molecular weight is 344 g/mol. The summed E-state index contributed by atoms with van der Waals surface area (Å²) in [6.45, 7) is 6.98. The Labute approximate surface area is 144 Å². The van der Waals surface area contributed by atoms with Crippen molar-refractivity contribution in [3.8, 4) is 5.75 Å². The lowest BCUT2D eigenvalue weighted by molar-refractivity contribution is -0.165. The first-order valence-corrected chi connectivity index (χ1v) is 7.98. The second kappa shape index (κ2) is 6.04. The maximum Gasteiger partial charge on any atom is 0.336 e. The summed E-state index contributed by atoms with van der Waals surface area (Å²) in [5.74, 6) is -0.125. The van der Waals surface area contributed by atoms with Crippen molar-refractivity contribution in [2.24, 2.45) is 0 Å². The average Bonchev–Trinajstić information content (AvgIpc) is 2.49. The van der Waals surface area contributed by atoms with Gasteiger partial charge in [0, 0.05) is 29.2 Å². The van der Waals surface area contributed by atoms with Gasteiger partial charge in [0.1, 0.15) is 23.0 Å². The van der Waals surface area contributed by atoms with Gasteiger partial charge in [-0.1, -0.05) is 5.57 Å². The van der Waals surface area contributed by atoms with Crippen LogP contribution in [-0.2, 0) is 9.53 Å². The molecule has 0 bridgehead atoms. The molecule has 0 fully saturated rings. The van der Waals surface area contributed by atoms with E-state index in [-0.39, 0.29) is 0 Å². The van der Waals surface area contributed by atoms with Gasteiger partial charge in [-0.25, -0.2) is 9.59 Å². The molecule has 0 radical (unpaired) electrons. The van der Waals surface area contributed by atoms with Crippen LogP contribution in [0.5, 0.6) is 5.75 Å². The van der Waals surface area contributed by atoms with Crippen molar-refractivity contribution in [3.05, 3.63) is 51.9 Å². The molecule has 2 heterocycles. The van der Waals surface area contributed by atoms with Gasteiger partial charge in [-0.2, -0.15) is 0 Å². The number of fused-ring (bicyclic) bond motifs is 2. The maximum atomic E-state index is 12.1. The molecule has 1 aromatic carbocycles. The predicted octanol–water partition coefficient (Wildman–Crippen LogP) is 2.88. The van der Waals surface area contributed by atoms with Crippen LogP contribution in [0.15, 0.2) is 45.1 Å². The summed E-state index contributed by atoms with van der Waals surface area (Å²) in [6, 6.07) is 6.21. The topological polar surface area (TPSA) is 86.0 Å². The van der Waals surface area contributed by atoms with Gasteiger partial charge in [-0.3, -0.25) is 0 Å². The number of aliphatic hydroxyl groups is 1. The summed E-state index contributed by atoms with van der Waals surface area (Å²) in [6.07, 6.45) is -0.574. The number of benzene rings is 1. The minimum absolute atomic E-state index is 0.368. The quantitative estimate of drug-likeness (QED) is 0.512. The van der Waals surface area contributed by atoms with Crippen LogP contribution >= 0.6 is 0 Å². The van der Waals surface area contributed by atoms with E-state index in [1.165, 1.54) is 12.1 Å². The number of esters is 1. The Balaban J connectivity index is 2.12. The Morgan fingerprint density at radius 2 is 2.00 bits per heavy atom. The summed E-state index contributed by atoms with van der Waals surface area (Å²) >= 11 is 0. The Hall–Kier alpha value is -2.60. The highest BCUT2D eigenvalue weighted by molar-refractivity contribution is 5.83. The van der Waals surface area contributed by atoms with Gasteiger partial charge in [-0.05, 0) is 39.8 Å². The van der Waals surface area contributed by atoms with E-state index in [4.69, 9.17) is 13.9 Å². The smallest absolute Gasteiger partial charge is 0.336 e. The first-order valence-electron chi connectivity index (χ1n) is 7.98. The van der Waals surface area contributed by atoms with Crippen LogP contribution in [0.2, 0.25) is 0 Å². The third-order valence-corrected chi connectivity index (χ3v) is 4.08. The fraction of sp³-hybridized carbons (Fsp3) is 0.368. The highest BCUT2D eigenvalue weighted by atomic mass is 16.6. The van der Waals surface area contributed by atoms with Crippen molar-refractivity contribution in [2.75, 3.05) is 0 Å². The second-order valence-corrected chi connectivity index (χ2v) is 6.91. The monoisotopic (exact) mass is 344 g/mol. The Bertz CT molecular complexity index is 917. The molecule has 6 nitrogen and oxygen atoms in total. The zero-order valence-electron chi connectivity index (χ0n) is 14.5. The molecule has 1 aliphatic rings. The van der Waals surface area contributed by atoms with Gasteiger partial charge in [0.25, 0.3) is 0 Å². The number of carbonyl (C=O) groups excluding carboxylic acids is 1. The zero-order chi connectivity index (χ0) is 18.4. The number of aliphatic hydroxyl groups excluding tert-OH is 1. The van der Waals surface area contributed by atoms with Gasteiger partial charge in [0.2, 0.25) is 0 Å². The number of hydrogen-bond donors (Lipinski definition) is 1. The fourth-order valence-corrected chi connectivity index (χ4v) is 2.83. The summed E-state index contributed by atoms with van der Waals surface area (Å²) in [5, 5.41) is 11.3. The highest BCUT2D eigenvalue weighted by Gasteiger charge is 2.45. The summed E-state index contributed by atoms with van der Waals surface area (Å²) in [7, 11) is 0. The molecule has 0 saturated heterocycles. The largest absolute Gasteiger partial charge is 0.484 e. The first-order chi connectivity index (χ1) is 11.7. The number of allylic oxidation sites excluding steroid dienone is 1. The lowest BCUT2D eigenvalue weighted by atomic mass is 9.88. The van der Waals surface area contributed by atoms with E-state index in [0.29, 0.717) is 22.3 Å². The van der Waals surface area contributed by atoms with Crippen molar-refractivity contribution in [3.63, 3.8) is 0 Å². The van der Waals surface area contributed by atoms with E-state index in [1.54, 1.807) is 45.9 Å². The molecule has 0 unspecified atom stereocenters. The molecular weight excluding hydrogens is 324 g/mol. The van der Waals surface area contributed by atoms with E-state index >= 15 is 0 Å². The van der Waals surface area contributed by atoms with Gasteiger partial charge in [0.05, 0.1) is 0 Å². The van der Waals surface area contributed by atoms with Crippen LogP contribution in [0, 0.1) is 0 Å². The summed E-state index contributed by atoms with van der Waals surface area (Å²) in [5.41, 5.74) is 0.253. The Morgan fingerprint density at radius 3 is 2.68 bits per heavy atom. The second-order valence-electron chi connectivity index (χ2n) is 6.91. The molecule has 25 heavy (non-hydrogen) atoms. The SMILES string of the molecule is CC(C)=CC(=O)O[C@H]1c2cc3ccc(=O)oc3cc2OC(C)(C)[C@@H]1O. The highest BCUT2D eigenvalue weighted by Crippen LogP contribution is 2.43. The normalized spacial score (nSPS) is 21.2. The number of rotatable bonds is 2. The van der Waals surface area contributed by atoms with E-state index in [9.17, 15) is 14.7 Å². The third-order valence-electron chi connectivity index (χ3n) is 4.08. The molecule has 0 aliphatic carbocycles. The first kappa shape index (κ1) is 17.2. The minimum Gasteiger partial charge on any atom is -0.484 e. The van der Waals surface area contributed by atoms with Crippen LogP contribution in [0.25, 0.3) is 11.0 Å². The van der Waals surface area contributed by atoms with E-state index in [0.717, 1.165) is 5.57 Å². The molecule has 1 aliphatic heterocycles. The lowest BCUT2D eigenvalue weighted by Gasteiger charge is -2.41. The van der Waals surface area contributed by atoms with Crippen molar-refractivity contribution in [1.29, 1.82) is 0 Å². The third kappa shape index (κ3) is 3.30. The number of ether oxygens (including phenoxy) is 2. The van der Waals surface area contributed by atoms with Gasteiger partial charge >= 0.3 is 11.6 Å². The van der Waals surface area contributed by atoms with E-state index in [2.05, 4.69) is 0 Å². The van der Waals surface area contributed by atoms with Crippen molar-refractivity contribution >= 4 is 16.9 Å². The zero-order valence-corrected chi connectivity index (χ0v) is 14.5. The predicted molar refractivity (Wildman–Crippen MR) is 91.5 cm³/mol. The van der Waals surface area contributed by atoms with Gasteiger partial charge in [0.15, 0.2) is 6.10 Å². The molecule has 2 aromatic rings. The van der Waals surface area contributed by atoms with Gasteiger partial charge in [-0.15, -0.1) is 0 Å². The fourth-order valence-electron chi connectivity index (χ4n) is 2.83. The minimum atomic E-state index is -1.05. The molecule has 132 valence electrons. The van der Waals surface area contributed by atoms with E-state index < -0.39 is 29.4 Å².